The number of fused-ring (bicyclic) bond motifs is 1. The van der Waals surface area contributed by atoms with Gasteiger partial charge >= 0.3 is 0 Å². The minimum Gasteiger partial charge on any atom is -0.375 e. The average Bonchev–Trinajstić information content (AvgIpc) is 2.99. The molecule has 3 rings (SSSR count). The summed E-state index contributed by atoms with van der Waals surface area (Å²) in [5.41, 5.74) is 0.681. The number of carbonyl (C=O) groups excluding carboxylic acids is 1. The highest BCUT2D eigenvalue weighted by Crippen LogP contribution is 2.24. The van der Waals surface area contributed by atoms with Crippen LogP contribution in [0, 0.1) is 0 Å². The van der Waals surface area contributed by atoms with E-state index in [1.54, 1.807) is 6.20 Å². The maximum absolute atomic E-state index is 12.5. The number of hydrogen-bond donors (Lipinski definition) is 1. The Bertz CT molecular complexity index is 503. The summed E-state index contributed by atoms with van der Waals surface area (Å²) in [5.74, 6) is 0.105. The summed E-state index contributed by atoms with van der Waals surface area (Å²) in [6, 6.07) is 4.15. The molecular weight excluding hydrogens is 292 g/mol. The Kier molecular flexibility index (Phi) is 5.35. The fraction of sp³-hybridized carbons (Fsp3) is 0.706. The van der Waals surface area contributed by atoms with E-state index >= 15 is 0 Å². The molecule has 1 amide bonds. The van der Waals surface area contributed by atoms with Gasteiger partial charge in [0.15, 0.2) is 0 Å². The number of likely N-dealkylation sites (N-methyl/N-ethyl adjacent to an activating group) is 1. The Morgan fingerprint density at radius 3 is 2.91 bits per heavy atom. The van der Waals surface area contributed by atoms with Crippen molar-refractivity contribution in [3.63, 3.8) is 0 Å². The van der Waals surface area contributed by atoms with Crippen LogP contribution in [0.15, 0.2) is 18.3 Å². The number of morpholine rings is 1. The lowest BCUT2D eigenvalue weighted by atomic mass is 10.0. The molecule has 1 aromatic rings. The quantitative estimate of drug-likeness (QED) is 0.895. The Morgan fingerprint density at radius 2 is 2.17 bits per heavy atom. The van der Waals surface area contributed by atoms with Gasteiger partial charge in [-0.15, -0.1) is 0 Å². The topological polar surface area (TPSA) is 51.8 Å². The van der Waals surface area contributed by atoms with E-state index in [1.807, 2.05) is 17.0 Å². The summed E-state index contributed by atoms with van der Waals surface area (Å²) in [5, 5.41) is 0. The van der Waals surface area contributed by atoms with Gasteiger partial charge in [-0.2, -0.15) is 0 Å². The zero-order valence-electron chi connectivity index (χ0n) is 14.2. The number of aromatic amines is 1. The molecule has 1 N–H and O–H groups in total. The van der Waals surface area contributed by atoms with Crippen LogP contribution in [0.3, 0.4) is 0 Å². The first-order valence-electron chi connectivity index (χ1n) is 8.58. The van der Waals surface area contributed by atoms with E-state index in [9.17, 15) is 4.79 Å². The third-order valence-electron chi connectivity index (χ3n) is 4.94. The third kappa shape index (κ3) is 3.94. The third-order valence-corrected chi connectivity index (χ3v) is 4.94. The molecule has 0 radical (unpaired) electrons. The van der Waals surface area contributed by atoms with Gasteiger partial charge in [-0.1, -0.05) is 0 Å². The molecular formula is C17H28N4O2. The maximum Gasteiger partial charge on any atom is 0.270 e. The van der Waals surface area contributed by atoms with Crippen LogP contribution < -0.4 is 0 Å². The number of amides is 1. The van der Waals surface area contributed by atoms with Crippen molar-refractivity contribution in [1.29, 1.82) is 0 Å². The second-order valence-corrected chi connectivity index (χ2v) is 6.77. The number of likely N-dealkylation sites (tertiary alicyclic amines) is 1. The van der Waals surface area contributed by atoms with Crippen LogP contribution in [-0.4, -0.2) is 91.2 Å². The Balaban J connectivity index is 1.63. The molecule has 0 spiro atoms. The Labute approximate surface area is 138 Å². The van der Waals surface area contributed by atoms with Crippen LogP contribution >= 0.6 is 0 Å². The van der Waals surface area contributed by atoms with E-state index < -0.39 is 0 Å². The molecule has 0 aromatic carbocycles. The highest BCUT2D eigenvalue weighted by molar-refractivity contribution is 5.92. The van der Waals surface area contributed by atoms with Gasteiger partial charge in [-0.05, 0) is 39.1 Å². The number of H-pyrrole nitrogens is 1. The SMILES string of the molecule is CN(C)CCN1CCO[C@@H]2CCN(C(=O)c3ccc[nH]3)CC[C@@H]21. The van der Waals surface area contributed by atoms with Gasteiger partial charge < -0.3 is 19.5 Å². The van der Waals surface area contributed by atoms with Crippen molar-refractivity contribution in [3.05, 3.63) is 24.0 Å². The largest absolute Gasteiger partial charge is 0.375 e. The van der Waals surface area contributed by atoms with Crippen molar-refractivity contribution >= 4 is 5.91 Å². The summed E-state index contributed by atoms with van der Waals surface area (Å²) in [6.07, 6.45) is 3.98. The van der Waals surface area contributed by atoms with E-state index in [4.69, 9.17) is 4.74 Å². The van der Waals surface area contributed by atoms with Crippen molar-refractivity contribution in [2.24, 2.45) is 0 Å². The predicted molar refractivity (Wildman–Crippen MR) is 89.6 cm³/mol. The van der Waals surface area contributed by atoms with Crippen LogP contribution in [0.25, 0.3) is 0 Å². The second kappa shape index (κ2) is 7.47. The molecule has 0 unspecified atom stereocenters. The summed E-state index contributed by atoms with van der Waals surface area (Å²) in [4.78, 5) is 22.3. The number of ether oxygens (including phenoxy) is 1. The fourth-order valence-corrected chi connectivity index (χ4v) is 3.60. The highest BCUT2D eigenvalue weighted by Gasteiger charge is 2.35. The van der Waals surface area contributed by atoms with Crippen molar-refractivity contribution in [2.75, 3.05) is 53.4 Å². The van der Waals surface area contributed by atoms with E-state index in [1.165, 1.54) is 0 Å². The van der Waals surface area contributed by atoms with Crippen LogP contribution in [0.1, 0.15) is 23.3 Å². The number of nitrogens with zero attached hydrogens (tertiary/aromatic N) is 3. The predicted octanol–water partition coefficient (Wildman–Crippen LogP) is 0.882. The number of hydrogen-bond acceptors (Lipinski definition) is 4. The molecule has 2 aliphatic rings. The number of carbonyl (C=O) groups is 1. The van der Waals surface area contributed by atoms with Gasteiger partial charge in [0.25, 0.3) is 5.91 Å². The molecule has 6 heteroatoms. The molecule has 6 nitrogen and oxygen atoms in total. The number of nitrogens with one attached hydrogen (secondary N) is 1. The number of rotatable bonds is 4. The normalized spacial score (nSPS) is 26.1. The molecule has 1 aromatic heterocycles. The van der Waals surface area contributed by atoms with Gasteiger partial charge in [0.2, 0.25) is 0 Å². The Morgan fingerprint density at radius 1 is 1.35 bits per heavy atom. The smallest absolute Gasteiger partial charge is 0.270 e. The van der Waals surface area contributed by atoms with Crippen LogP contribution in [0.2, 0.25) is 0 Å². The van der Waals surface area contributed by atoms with Gasteiger partial charge in [-0.25, -0.2) is 0 Å². The monoisotopic (exact) mass is 320 g/mol. The molecule has 0 saturated carbocycles. The minimum atomic E-state index is 0.105. The summed E-state index contributed by atoms with van der Waals surface area (Å²) in [7, 11) is 4.23. The number of aromatic nitrogens is 1. The van der Waals surface area contributed by atoms with Gasteiger partial charge in [-0.3, -0.25) is 9.69 Å². The van der Waals surface area contributed by atoms with E-state index in [-0.39, 0.29) is 12.0 Å². The van der Waals surface area contributed by atoms with Gasteiger partial charge in [0.1, 0.15) is 5.69 Å². The zero-order valence-corrected chi connectivity index (χ0v) is 14.2. The van der Waals surface area contributed by atoms with Crippen molar-refractivity contribution in [2.45, 2.75) is 25.0 Å². The molecule has 0 bridgehead atoms. The second-order valence-electron chi connectivity index (χ2n) is 6.77. The first kappa shape index (κ1) is 16.5. The van der Waals surface area contributed by atoms with Crippen molar-refractivity contribution in [1.82, 2.24) is 19.7 Å². The molecule has 2 aliphatic heterocycles. The molecule has 0 aliphatic carbocycles. The van der Waals surface area contributed by atoms with Crippen LogP contribution in [0.5, 0.6) is 0 Å². The lowest BCUT2D eigenvalue weighted by Crippen LogP contribution is -2.52. The first-order valence-corrected chi connectivity index (χ1v) is 8.58. The molecule has 2 saturated heterocycles. The van der Waals surface area contributed by atoms with Gasteiger partial charge in [0.05, 0.1) is 12.7 Å². The van der Waals surface area contributed by atoms with Crippen molar-refractivity contribution in [3.8, 4) is 0 Å². The van der Waals surface area contributed by atoms with E-state index in [2.05, 4.69) is 28.9 Å². The van der Waals surface area contributed by atoms with Crippen LogP contribution in [0.4, 0.5) is 0 Å². The first-order chi connectivity index (χ1) is 11.1. The lowest BCUT2D eigenvalue weighted by molar-refractivity contribution is -0.0724. The fourth-order valence-electron chi connectivity index (χ4n) is 3.60. The zero-order chi connectivity index (χ0) is 16.2. The molecule has 2 fully saturated rings. The molecule has 3 heterocycles. The highest BCUT2D eigenvalue weighted by atomic mass is 16.5. The maximum atomic E-state index is 12.5. The lowest BCUT2D eigenvalue weighted by Gasteiger charge is -2.40. The molecule has 2 atom stereocenters. The van der Waals surface area contributed by atoms with E-state index in [0.717, 1.165) is 52.2 Å². The summed E-state index contributed by atoms with van der Waals surface area (Å²) >= 11 is 0. The summed E-state index contributed by atoms with van der Waals surface area (Å²) in [6.45, 7) is 5.52. The average molecular weight is 320 g/mol. The van der Waals surface area contributed by atoms with E-state index in [0.29, 0.717) is 11.7 Å². The molecule has 23 heavy (non-hydrogen) atoms. The minimum absolute atomic E-state index is 0.105. The molecule has 128 valence electrons. The standard InChI is InChI=1S/C17H28N4O2/c1-19(2)10-11-20-12-13-23-16-6-9-21(8-5-15(16)20)17(22)14-4-3-7-18-14/h3-4,7,15-16,18H,5-6,8-13H2,1-2H3/t15-,16+/m0/s1. The van der Waals surface area contributed by atoms with Crippen molar-refractivity contribution < 1.29 is 9.53 Å². The van der Waals surface area contributed by atoms with Gasteiger partial charge in [0, 0.05) is 45.0 Å². The van der Waals surface area contributed by atoms with Crippen LogP contribution in [-0.2, 0) is 4.74 Å². The Hall–Kier alpha value is -1.37. The summed E-state index contributed by atoms with van der Waals surface area (Å²) < 4.78 is 6.02.